The molecule has 0 aromatic carbocycles. The van der Waals surface area contributed by atoms with Crippen molar-refractivity contribution in [2.45, 2.75) is 45.4 Å². The highest BCUT2D eigenvalue weighted by Crippen LogP contribution is 2.18. The molecule has 3 unspecified atom stereocenters. The number of hydrogen-bond donors (Lipinski definition) is 1. The number of ether oxygens (including phenoxy) is 1. The summed E-state index contributed by atoms with van der Waals surface area (Å²) in [5, 5.41) is 2.98. The number of rotatable bonds is 5. The van der Waals surface area contributed by atoms with Gasteiger partial charge in [0, 0.05) is 31.7 Å². The molecule has 2 aromatic heterocycles. The van der Waals surface area contributed by atoms with Crippen LogP contribution in [0.15, 0.2) is 41.1 Å². The number of carbonyl (C=O) groups is 1. The Morgan fingerprint density at radius 2 is 2.08 bits per heavy atom. The molecule has 2 aromatic rings. The second-order valence-corrected chi connectivity index (χ2v) is 6.73. The molecule has 3 rings (SSSR count). The second-order valence-electron chi connectivity index (χ2n) is 6.73. The van der Waals surface area contributed by atoms with E-state index in [0.717, 1.165) is 24.7 Å². The van der Waals surface area contributed by atoms with Crippen molar-refractivity contribution < 1.29 is 13.9 Å². The summed E-state index contributed by atoms with van der Waals surface area (Å²) in [6, 6.07) is 7.46. The minimum absolute atomic E-state index is 0.0146. The van der Waals surface area contributed by atoms with E-state index in [0.29, 0.717) is 12.0 Å². The first-order valence-corrected chi connectivity index (χ1v) is 8.71. The van der Waals surface area contributed by atoms with E-state index in [2.05, 4.69) is 29.0 Å². The van der Waals surface area contributed by atoms with E-state index in [1.165, 1.54) is 0 Å². The minimum atomic E-state index is -0.123. The number of furan rings is 1. The van der Waals surface area contributed by atoms with Crippen molar-refractivity contribution in [3.05, 3.63) is 48.0 Å². The van der Waals surface area contributed by atoms with E-state index in [-0.39, 0.29) is 24.2 Å². The predicted octanol–water partition coefficient (Wildman–Crippen LogP) is 2.65. The summed E-state index contributed by atoms with van der Waals surface area (Å²) >= 11 is 0. The van der Waals surface area contributed by atoms with Crippen molar-refractivity contribution in [2.75, 3.05) is 18.0 Å². The molecule has 0 radical (unpaired) electrons. The van der Waals surface area contributed by atoms with Gasteiger partial charge in [0.1, 0.15) is 11.6 Å². The zero-order chi connectivity index (χ0) is 17.8. The van der Waals surface area contributed by atoms with Crippen molar-refractivity contribution in [3.8, 4) is 0 Å². The average molecular weight is 343 g/mol. The summed E-state index contributed by atoms with van der Waals surface area (Å²) in [6.07, 6.45) is 4.29. The zero-order valence-electron chi connectivity index (χ0n) is 14.9. The molecular formula is C19H25N3O3. The molecule has 6 nitrogen and oxygen atoms in total. The third kappa shape index (κ3) is 4.60. The Balaban J connectivity index is 1.58. The Hall–Kier alpha value is -2.34. The number of nitrogens with one attached hydrogen (secondary N) is 1. The Morgan fingerprint density at radius 1 is 1.32 bits per heavy atom. The lowest BCUT2D eigenvalue weighted by molar-refractivity contribution is -0.00546. The van der Waals surface area contributed by atoms with E-state index >= 15 is 0 Å². The third-order valence-electron chi connectivity index (χ3n) is 4.22. The molecule has 25 heavy (non-hydrogen) atoms. The number of aromatic nitrogens is 1. The van der Waals surface area contributed by atoms with Gasteiger partial charge in [-0.3, -0.25) is 4.79 Å². The Bertz CT molecular complexity index is 674. The summed E-state index contributed by atoms with van der Waals surface area (Å²) in [7, 11) is 0. The number of hydrogen-bond acceptors (Lipinski definition) is 5. The molecular weight excluding hydrogens is 318 g/mol. The molecule has 3 heterocycles. The first kappa shape index (κ1) is 17.5. The second kappa shape index (κ2) is 7.70. The van der Waals surface area contributed by atoms with Gasteiger partial charge in [-0.1, -0.05) is 0 Å². The lowest BCUT2D eigenvalue weighted by atomic mass is 10.1. The minimum Gasteiger partial charge on any atom is -0.469 e. The first-order valence-electron chi connectivity index (χ1n) is 8.71. The lowest BCUT2D eigenvalue weighted by Crippen LogP contribution is -2.45. The van der Waals surface area contributed by atoms with E-state index < -0.39 is 0 Å². The smallest absolute Gasteiger partial charge is 0.253 e. The molecule has 0 spiro atoms. The van der Waals surface area contributed by atoms with E-state index in [1.54, 1.807) is 12.5 Å². The van der Waals surface area contributed by atoms with Gasteiger partial charge < -0.3 is 19.4 Å². The highest BCUT2D eigenvalue weighted by atomic mass is 16.5. The van der Waals surface area contributed by atoms with Gasteiger partial charge in [0.05, 0.1) is 24.0 Å². The predicted molar refractivity (Wildman–Crippen MR) is 95.8 cm³/mol. The van der Waals surface area contributed by atoms with Crippen molar-refractivity contribution in [3.63, 3.8) is 0 Å². The van der Waals surface area contributed by atoms with E-state index in [9.17, 15) is 4.79 Å². The summed E-state index contributed by atoms with van der Waals surface area (Å²) in [4.78, 5) is 19.0. The molecule has 1 saturated heterocycles. The standard InChI is InChI=1S/C19H25N3O3/c1-13(9-17-5-4-8-24-17)21-19(23)16-6-7-18(20-10-16)22-11-14(2)25-15(3)12-22/h4-8,10,13-15H,9,11-12H2,1-3H3,(H,21,23). The normalized spacial score (nSPS) is 21.8. The van der Waals surface area contributed by atoms with Gasteiger partial charge in [-0.2, -0.15) is 0 Å². The van der Waals surface area contributed by atoms with Gasteiger partial charge in [0.15, 0.2) is 0 Å². The van der Waals surface area contributed by atoms with Gasteiger partial charge >= 0.3 is 0 Å². The lowest BCUT2D eigenvalue weighted by Gasteiger charge is -2.36. The average Bonchev–Trinajstić information content (AvgIpc) is 3.07. The summed E-state index contributed by atoms with van der Waals surface area (Å²) in [6.45, 7) is 7.70. The molecule has 1 N–H and O–H groups in total. The fraction of sp³-hybridized carbons (Fsp3) is 0.474. The Kier molecular flexibility index (Phi) is 5.38. The van der Waals surface area contributed by atoms with Crippen molar-refractivity contribution in [2.24, 2.45) is 0 Å². The zero-order valence-corrected chi connectivity index (χ0v) is 14.9. The van der Waals surface area contributed by atoms with E-state index in [1.807, 2.05) is 31.2 Å². The largest absolute Gasteiger partial charge is 0.469 e. The van der Waals surface area contributed by atoms with Crippen LogP contribution in [0, 0.1) is 0 Å². The van der Waals surface area contributed by atoms with Crippen LogP contribution in [0.2, 0.25) is 0 Å². The highest BCUT2D eigenvalue weighted by molar-refractivity contribution is 5.94. The quantitative estimate of drug-likeness (QED) is 0.904. The maximum Gasteiger partial charge on any atom is 0.253 e. The van der Waals surface area contributed by atoms with Crippen LogP contribution in [-0.4, -0.2) is 42.2 Å². The molecule has 134 valence electrons. The number of amides is 1. The first-order chi connectivity index (χ1) is 12.0. The fourth-order valence-corrected chi connectivity index (χ4v) is 3.16. The van der Waals surface area contributed by atoms with Crippen LogP contribution in [0.4, 0.5) is 5.82 Å². The summed E-state index contributed by atoms with van der Waals surface area (Å²) in [5.74, 6) is 1.61. The van der Waals surface area contributed by atoms with Crippen LogP contribution in [0.3, 0.4) is 0 Å². The van der Waals surface area contributed by atoms with Crippen LogP contribution >= 0.6 is 0 Å². The van der Waals surface area contributed by atoms with Crippen LogP contribution in [0.5, 0.6) is 0 Å². The van der Waals surface area contributed by atoms with E-state index in [4.69, 9.17) is 9.15 Å². The number of nitrogens with zero attached hydrogens (tertiary/aromatic N) is 2. The molecule has 3 atom stereocenters. The number of morpholine rings is 1. The van der Waals surface area contributed by atoms with Gasteiger partial charge in [-0.05, 0) is 45.0 Å². The maximum absolute atomic E-state index is 12.4. The monoisotopic (exact) mass is 343 g/mol. The molecule has 0 saturated carbocycles. The van der Waals surface area contributed by atoms with Crippen molar-refractivity contribution in [1.29, 1.82) is 0 Å². The van der Waals surface area contributed by atoms with Crippen LogP contribution in [0.25, 0.3) is 0 Å². The fourth-order valence-electron chi connectivity index (χ4n) is 3.16. The van der Waals surface area contributed by atoms with Crippen LogP contribution in [0.1, 0.15) is 36.9 Å². The Morgan fingerprint density at radius 3 is 2.68 bits per heavy atom. The van der Waals surface area contributed by atoms with Gasteiger partial charge in [0.25, 0.3) is 5.91 Å². The summed E-state index contributed by atoms with van der Waals surface area (Å²) < 4.78 is 11.1. The van der Waals surface area contributed by atoms with Gasteiger partial charge in [-0.15, -0.1) is 0 Å². The number of anilines is 1. The van der Waals surface area contributed by atoms with Crippen LogP contribution < -0.4 is 10.2 Å². The molecule has 1 amide bonds. The molecule has 1 aliphatic rings. The summed E-state index contributed by atoms with van der Waals surface area (Å²) in [5.41, 5.74) is 0.560. The third-order valence-corrected chi connectivity index (χ3v) is 4.22. The molecule has 6 heteroatoms. The maximum atomic E-state index is 12.4. The van der Waals surface area contributed by atoms with Gasteiger partial charge in [0.2, 0.25) is 0 Å². The van der Waals surface area contributed by atoms with Crippen molar-refractivity contribution >= 4 is 11.7 Å². The number of pyridine rings is 1. The SMILES string of the molecule is CC(Cc1ccco1)NC(=O)c1ccc(N2CC(C)OC(C)C2)nc1. The van der Waals surface area contributed by atoms with Crippen molar-refractivity contribution in [1.82, 2.24) is 10.3 Å². The topological polar surface area (TPSA) is 67.6 Å². The Labute approximate surface area is 148 Å². The van der Waals surface area contributed by atoms with Crippen LogP contribution in [-0.2, 0) is 11.2 Å². The molecule has 1 aliphatic heterocycles. The van der Waals surface area contributed by atoms with Gasteiger partial charge in [-0.25, -0.2) is 4.98 Å². The highest BCUT2D eigenvalue weighted by Gasteiger charge is 2.23. The molecule has 0 aliphatic carbocycles. The molecule has 1 fully saturated rings. The number of carbonyl (C=O) groups excluding carboxylic acids is 1. The molecule has 0 bridgehead atoms.